The number of aliphatic hydroxyl groups excluding tert-OH is 1. The van der Waals surface area contributed by atoms with Crippen molar-refractivity contribution in [2.24, 2.45) is 0 Å². The number of amides is 1. The van der Waals surface area contributed by atoms with Gasteiger partial charge < -0.3 is 10.4 Å². The van der Waals surface area contributed by atoms with Gasteiger partial charge in [-0.3, -0.25) is 9.48 Å². The number of aliphatic hydroxyl groups is 1. The maximum absolute atomic E-state index is 11.4. The summed E-state index contributed by atoms with van der Waals surface area (Å²) in [5, 5.41) is 15.5. The van der Waals surface area contributed by atoms with Gasteiger partial charge in [-0.05, 0) is 6.42 Å². The van der Waals surface area contributed by atoms with E-state index < -0.39 is 0 Å². The SMILES string of the molecule is CC[C@H](CO)NC(=O)CCn1cncn1. The number of aromatic nitrogens is 3. The summed E-state index contributed by atoms with van der Waals surface area (Å²) >= 11 is 0. The van der Waals surface area contributed by atoms with Crippen LogP contribution in [0.4, 0.5) is 0 Å². The number of rotatable bonds is 6. The maximum atomic E-state index is 11.4. The Morgan fingerprint density at radius 3 is 3.00 bits per heavy atom. The van der Waals surface area contributed by atoms with Gasteiger partial charge in [-0.15, -0.1) is 0 Å². The first-order valence-corrected chi connectivity index (χ1v) is 4.99. The average Bonchev–Trinajstić information content (AvgIpc) is 2.75. The van der Waals surface area contributed by atoms with Gasteiger partial charge in [0.05, 0.1) is 19.2 Å². The van der Waals surface area contributed by atoms with Gasteiger partial charge in [-0.25, -0.2) is 4.98 Å². The second kappa shape index (κ2) is 6.13. The molecule has 0 aliphatic rings. The minimum absolute atomic E-state index is 0.0223. The highest BCUT2D eigenvalue weighted by atomic mass is 16.3. The van der Waals surface area contributed by atoms with Crippen molar-refractivity contribution in [2.75, 3.05) is 6.61 Å². The summed E-state index contributed by atoms with van der Waals surface area (Å²) in [6, 6.07) is -0.145. The summed E-state index contributed by atoms with van der Waals surface area (Å²) in [5.41, 5.74) is 0. The molecule has 0 bridgehead atoms. The Morgan fingerprint density at radius 1 is 1.67 bits per heavy atom. The molecule has 1 rings (SSSR count). The number of aryl methyl sites for hydroxylation is 1. The third-order valence-electron chi connectivity index (χ3n) is 2.11. The molecule has 0 aliphatic heterocycles. The number of hydrogen-bond donors (Lipinski definition) is 2. The van der Waals surface area contributed by atoms with Gasteiger partial charge in [0.25, 0.3) is 0 Å². The van der Waals surface area contributed by atoms with Crippen molar-refractivity contribution in [1.82, 2.24) is 20.1 Å². The molecule has 6 heteroatoms. The van der Waals surface area contributed by atoms with Gasteiger partial charge in [0.15, 0.2) is 0 Å². The third-order valence-corrected chi connectivity index (χ3v) is 2.11. The van der Waals surface area contributed by atoms with Gasteiger partial charge in [-0.2, -0.15) is 5.10 Å². The molecule has 84 valence electrons. The zero-order valence-corrected chi connectivity index (χ0v) is 8.76. The predicted octanol–water partition coefficient (Wildman–Crippen LogP) is -0.445. The second-order valence-corrected chi connectivity index (χ2v) is 3.26. The van der Waals surface area contributed by atoms with Crippen LogP contribution in [0.1, 0.15) is 19.8 Å². The lowest BCUT2D eigenvalue weighted by molar-refractivity contribution is -0.122. The fourth-order valence-corrected chi connectivity index (χ4v) is 1.14. The highest BCUT2D eigenvalue weighted by molar-refractivity contribution is 5.76. The highest BCUT2D eigenvalue weighted by Gasteiger charge is 2.08. The van der Waals surface area contributed by atoms with Crippen molar-refractivity contribution in [3.8, 4) is 0 Å². The molecule has 0 saturated carbocycles. The summed E-state index contributed by atoms with van der Waals surface area (Å²) < 4.78 is 1.60. The van der Waals surface area contributed by atoms with Crippen LogP contribution < -0.4 is 5.32 Å². The lowest BCUT2D eigenvalue weighted by atomic mass is 10.2. The Labute approximate surface area is 88.3 Å². The van der Waals surface area contributed by atoms with E-state index in [1.165, 1.54) is 6.33 Å². The van der Waals surface area contributed by atoms with Crippen LogP contribution in [0.15, 0.2) is 12.7 Å². The quantitative estimate of drug-likeness (QED) is 0.669. The largest absolute Gasteiger partial charge is 0.394 e. The average molecular weight is 212 g/mol. The van der Waals surface area contributed by atoms with E-state index >= 15 is 0 Å². The van der Waals surface area contributed by atoms with E-state index in [4.69, 9.17) is 5.11 Å². The van der Waals surface area contributed by atoms with Crippen molar-refractivity contribution in [3.63, 3.8) is 0 Å². The topological polar surface area (TPSA) is 80.0 Å². The number of carbonyl (C=O) groups is 1. The lowest BCUT2D eigenvalue weighted by Gasteiger charge is -2.13. The predicted molar refractivity (Wildman–Crippen MR) is 53.9 cm³/mol. The van der Waals surface area contributed by atoms with Crippen LogP contribution in [-0.4, -0.2) is 38.4 Å². The molecule has 0 spiro atoms. The molecule has 0 aliphatic carbocycles. The standard InChI is InChI=1S/C9H16N4O2/c1-2-8(5-14)12-9(15)3-4-13-7-10-6-11-13/h6-8,14H,2-5H2,1H3,(H,12,15)/t8-/m1/s1. The number of carbonyl (C=O) groups excluding carboxylic acids is 1. The number of hydrogen-bond acceptors (Lipinski definition) is 4. The van der Waals surface area contributed by atoms with Gasteiger partial charge in [-0.1, -0.05) is 6.92 Å². The van der Waals surface area contributed by atoms with Crippen LogP contribution >= 0.6 is 0 Å². The summed E-state index contributed by atoms with van der Waals surface area (Å²) in [5.74, 6) is -0.0774. The van der Waals surface area contributed by atoms with Crippen LogP contribution in [0.2, 0.25) is 0 Å². The molecular formula is C9H16N4O2. The molecule has 1 aromatic heterocycles. The molecule has 0 fully saturated rings. The summed E-state index contributed by atoms with van der Waals surface area (Å²) in [4.78, 5) is 15.2. The molecule has 6 nitrogen and oxygen atoms in total. The molecule has 1 heterocycles. The smallest absolute Gasteiger partial charge is 0.222 e. The number of nitrogens with one attached hydrogen (secondary N) is 1. The van der Waals surface area contributed by atoms with Crippen molar-refractivity contribution in [1.29, 1.82) is 0 Å². The molecule has 15 heavy (non-hydrogen) atoms. The Bertz CT molecular complexity index is 282. The Kier molecular flexibility index (Phi) is 4.76. The van der Waals surface area contributed by atoms with Crippen molar-refractivity contribution >= 4 is 5.91 Å². The van der Waals surface area contributed by atoms with Crippen LogP contribution in [0.5, 0.6) is 0 Å². The lowest BCUT2D eigenvalue weighted by Crippen LogP contribution is -2.37. The highest BCUT2D eigenvalue weighted by Crippen LogP contribution is 1.92. The Hall–Kier alpha value is -1.43. The van der Waals surface area contributed by atoms with Gasteiger partial charge >= 0.3 is 0 Å². The molecule has 0 radical (unpaired) electrons. The molecular weight excluding hydrogens is 196 g/mol. The van der Waals surface area contributed by atoms with E-state index in [9.17, 15) is 4.79 Å². The first kappa shape index (κ1) is 11.6. The van der Waals surface area contributed by atoms with Crippen LogP contribution in [0.3, 0.4) is 0 Å². The normalized spacial score (nSPS) is 12.4. The molecule has 2 N–H and O–H groups in total. The van der Waals surface area contributed by atoms with Gasteiger partial charge in [0.1, 0.15) is 12.7 Å². The summed E-state index contributed by atoms with van der Waals surface area (Å²) in [6.07, 6.45) is 4.07. The fourth-order valence-electron chi connectivity index (χ4n) is 1.14. The van der Waals surface area contributed by atoms with Crippen molar-refractivity contribution in [3.05, 3.63) is 12.7 Å². The molecule has 0 aromatic carbocycles. The summed E-state index contributed by atoms with van der Waals surface area (Å²) in [6.45, 7) is 2.40. The van der Waals surface area contributed by atoms with E-state index in [1.54, 1.807) is 11.0 Å². The Balaban J connectivity index is 2.24. The summed E-state index contributed by atoms with van der Waals surface area (Å²) in [7, 11) is 0. The van der Waals surface area contributed by atoms with E-state index in [2.05, 4.69) is 15.4 Å². The first-order valence-electron chi connectivity index (χ1n) is 4.99. The minimum atomic E-state index is -0.145. The van der Waals surface area contributed by atoms with E-state index in [-0.39, 0.29) is 18.6 Å². The second-order valence-electron chi connectivity index (χ2n) is 3.26. The Morgan fingerprint density at radius 2 is 2.47 bits per heavy atom. The van der Waals surface area contributed by atoms with Crippen LogP contribution in [0, 0.1) is 0 Å². The first-order chi connectivity index (χ1) is 7.26. The van der Waals surface area contributed by atoms with Crippen LogP contribution in [0.25, 0.3) is 0 Å². The third kappa shape index (κ3) is 4.07. The molecule has 0 unspecified atom stereocenters. The molecule has 1 aromatic rings. The zero-order valence-electron chi connectivity index (χ0n) is 8.76. The van der Waals surface area contributed by atoms with Crippen molar-refractivity contribution in [2.45, 2.75) is 32.4 Å². The minimum Gasteiger partial charge on any atom is -0.394 e. The van der Waals surface area contributed by atoms with Crippen LogP contribution in [-0.2, 0) is 11.3 Å². The monoisotopic (exact) mass is 212 g/mol. The molecule has 0 saturated heterocycles. The molecule has 1 amide bonds. The van der Waals surface area contributed by atoms with Crippen molar-refractivity contribution < 1.29 is 9.90 Å². The number of nitrogens with zero attached hydrogens (tertiary/aromatic N) is 3. The van der Waals surface area contributed by atoms with Gasteiger partial charge in [0.2, 0.25) is 5.91 Å². The maximum Gasteiger partial charge on any atom is 0.222 e. The zero-order chi connectivity index (χ0) is 11.1. The van der Waals surface area contributed by atoms with Gasteiger partial charge in [0, 0.05) is 6.42 Å². The molecule has 1 atom stereocenters. The fraction of sp³-hybridized carbons (Fsp3) is 0.667. The van der Waals surface area contributed by atoms with E-state index in [0.29, 0.717) is 13.0 Å². The van der Waals surface area contributed by atoms with E-state index in [0.717, 1.165) is 6.42 Å². The van der Waals surface area contributed by atoms with E-state index in [1.807, 2.05) is 6.92 Å².